The number of nitrogens with one attached hydrogen (secondary N) is 1. The second kappa shape index (κ2) is 5.21. The zero-order valence-electron chi connectivity index (χ0n) is 11.0. The Bertz CT molecular complexity index is 435. The summed E-state index contributed by atoms with van der Waals surface area (Å²) in [6, 6.07) is 11.3. The van der Waals surface area contributed by atoms with Crippen LogP contribution in [0.25, 0.3) is 0 Å². The highest BCUT2D eigenvalue weighted by Crippen LogP contribution is 2.35. The number of amides is 1. The minimum Gasteiger partial charge on any atom is -0.465 e. The topological polar surface area (TPSA) is 52.6 Å². The molecule has 3 atom stereocenters. The minimum absolute atomic E-state index is 0.226. The molecule has 1 unspecified atom stereocenters. The van der Waals surface area contributed by atoms with Gasteiger partial charge < -0.3 is 15.3 Å². The number of benzene rings is 1. The number of hydrogen-bond donors (Lipinski definition) is 2. The lowest BCUT2D eigenvalue weighted by molar-refractivity contribution is 0.0919. The van der Waals surface area contributed by atoms with Crippen molar-refractivity contribution in [1.82, 2.24) is 10.2 Å². The first-order valence-electron chi connectivity index (χ1n) is 7.02. The number of piperidine rings is 1. The van der Waals surface area contributed by atoms with Gasteiger partial charge in [-0.1, -0.05) is 30.3 Å². The summed E-state index contributed by atoms with van der Waals surface area (Å²) < 4.78 is 0. The highest BCUT2D eigenvalue weighted by atomic mass is 16.4. The van der Waals surface area contributed by atoms with E-state index in [9.17, 15) is 9.90 Å². The van der Waals surface area contributed by atoms with Crippen LogP contribution in [-0.2, 0) is 6.54 Å². The van der Waals surface area contributed by atoms with Gasteiger partial charge in [-0.3, -0.25) is 0 Å². The summed E-state index contributed by atoms with van der Waals surface area (Å²) in [5.74, 6) is 0. The van der Waals surface area contributed by atoms with Crippen molar-refractivity contribution in [2.75, 3.05) is 0 Å². The molecule has 0 saturated carbocycles. The molecule has 4 nitrogen and oxygen atoms in total. The number of hydrogen-bond acceptors (Lipinski definition) is 2. The molecule has 0 aromatic heterocycles. The van der Waals surface area contributed by atoms with E-state index in [1.807, 2.05) is 18.2 Å². The number of carboxylic acid groups (broad SMARTS) is 1. The highest BCUT2D eigenvalue weighted by molar-refractivity contribution is 5.66. The summed E-state index contributed by atoms with van der Waals surface area (Å²) in [5.41, 5.74) is 1.29. The Morgan fingerprint density at radius 2 is 1.84 bits per heavy atom. The van der Waals surface area contributed by atoms with Crippen molar-refractivity contribution in [3.05, 3.63) is 35.9 Å². The van der Waals surface area contributed by atoms with E-state index in [4.69, 9.17) is 0 Å². The fourth-order valence-electron chi connectivity index (χ4n) is 3.51. The Labute approximate surface area is 113 Å². The molecule has 2 fully saturated rings. The Morgan fingerprint density at radius 1 is 1.21 bits per heavy atom. The molecule has 2 N–H and O–H groups in total. The van der Waals surface area contributed by atoms with E-state index < -0.39 is 6.09 Å². The predicted molar refractivity (Wildman–Crippen MR) is 73.0 cm³/mol. The van der Waals surface area contributed by atoms with Gasteiger partial charge in [0.05, 0.1) is 0 Å². The molecule has 2 saturated heterocycles. The maximum absolute atomic E-state index is 11.2. The molecule has 1 aromatic rings. The van der Waals surface area contributed by atoms with Gasteiger partial charge in [0, 0.05) is 24.7 Å². The van der Waals surface area contributed by atoms with Gasteiger partial charge in [0.25, 0.3) is 0 Å². The smallest absolute Gasteiger partial charge is 0.407 e. The number of fused-ring (bicyclic) bond motifs is 2. The molecular formula is C15H20N2O2. The van der Waals surface area contributed by atoms with Gasteiger partial charge in [0.2, 0.25) is 0 Å². The first-order chi connectivity index (χ1) is 9.24. The summed E-state index contributed by atoms with van der Waals surface area (Å²) in [6.45, 7) is 0.873. The van der Waals surface area contributed by atoms with E-state index in [1.165, 1.54) is 5.56 Å². The lowest BCUT2D eigenvalue weighted by atomic mass is 9.97. The van der Waals surface area contributed by atoms with Crippen molar-refractivity contribution in [1.29, 1.82) is 0 Å². The summed E-state index contributed by atoms with van der Waals surface area (Å²) >= 11 is 0. The Balaban J connectivity index is 1.57. The zero-order valence-corrected chi connectivity index (χ0v) is 11.0. The van der Waals surface area contributed by atoms with Crippen LogP contribution in [0.5, 0.6) is 0 Å². The SMILES string of the molecule is O=C(O)N1[C@@H]2CC[C@H]1CC(NCc1ccccc1)C2. The Hall–Kier alpha value is -1.55. The molecule has 0 aliphatic carbocycles. The molecule has 2 bridgehead atoms. The van der Waals surface area contributed by atoms with Crippen LogP contribution in [0.3, 0.4) is 0 Å². The predicted octanol–water partition coefficient (Wildman–Crippen LogP) is 2.45. The second-order valence-corrected chi connectivity index (χ2v) is 5.61. The van der Waals surface area contributed by atoms with Gasteiger partial charge in [-0.25, -0.2) is 4.79 Å². The first-order valence-corrected chi connectivity index (χ1v) is 7.02. The quantitative estimate of drug-likeness (QED) is 0.877. The molecule has 1 aromatic carbocycles. The molecule has 2 heterocycles. The molecular weight excluding hydrogens is 240 g/mol. The monoisotopic (exact) mass is 260 g/mol. The lowest BCUT2D eigenvalue weighted by Crippen LogP contribution is -2.50. The third-order valence-electron chi connectivity index (χ3n) is 4.39. The maximum Gasteiger partial charge on any atom is 0.407 e. The third-order valence-corrected chi connectivity index (χ3v) is 4.39. The largest absolute Gasteiger partial charge is 0.465 e. The number of carbonyl (C=O) groups is 1. The molecule has 1 amide bonds. The molecule has 102 valence electrons. The van der Waals surface area contributed by atoms with Crippen molar-refractivity contribution >= 4 is 6.09 Å². The molecule has 2 aliphatic heterocycles. The van der Waals surface area contributed by atoms with Crippen LogP contribution in [0.4, 0.5) is 4.79 Å². The summed E-state index contributed by atoms with van der Waals surface area (Å²) in [6.07, 6.45) is 3.22. The number of rotatable bonds is 3. The summed E-state index contributed by atoms with van der Waals surface area (Å²) in [7, 11) is 0. The van der Waals surface area contributed by atoms with E-state index in [0.717, 1.165) is 32.2 Å². The molecule has 3 rings (SSSR count). The molecule has 19 heavy (non-hydrogen) atoms. The fourth-order valence-corrected chi connectivity index (χ4v) is 3.51. The average molecular weight is 260 g/mol. The van der Waals surface area contributed by atoms with Crippen LogP contribution in [0, 0.1) is 0 Å². The first kappa shape index (κ1) is 12.5. The molecule has 2 aliphatic rings. The number of nitrogens with zero attached hydrogens (tertiary/aromatic N) is 1. The third kappa shape index (κ3) is 2.59. The van der Waals surface area contributed by atoms with Crippen LogP contribution in [0.15, 0.2) is 30.3 Å². The van der Waals surface area contributed by atoms with Gasteiger partial charge >= 0.3 is 6.09 Å². The van der Waals surface area contributed by atoms with Crippen LogP contribution < -0.4 is 5.32 Å². The van der Waals surface area contributed by atoms with E-state index in [0.29, 0.717) is 6.04 Å². The van der Waals surface area contributed by atoms with Gasteiger partial charge in [-0.15, -0.1) is 0 Å². The molecule has 0 radical (unpaired) electrons. The van der Waals surface area contributed by atoms with Gasteiger partial charge in [0.15, 0.2) is 0 Å². The van der Waals surface area contributed by atoms with E-state index in [2.05, 4.69) is 17.4 Å². The summed E-state index contributed by atoms with van der Waals surface area (Å²) in [4.78, 5) is 12.9. The van der Waals surface area contributed by atoms with E-state index in [1.54, 1.807) is 4.90 Å². The van der Waals surface area contributed by atoms with Crippen molar-refractivity contribution in [3.63, 3.8) is 0 Å². The van der Waals surface area contributed by atoms with Crippen molar-refractivity contribution in [3.8, 4) is 0 Å². The zero-order chi connectivity index (χ0) is 13.2. The molecule has 0 spiro atoms. The minimum atomic E-state index is -0.742. The van der Waals surface area contributed by atoms with Crippen LogP contribution in [0.1, 0.15) is 31.2 Å². The van der Waals surface area contributed by atoms with Crippen molar-refractivity contribution < 1.29 is 9.90 Å². The van der Waals surface area contributed by atoms with Crippen LogP contribution in [-0.4, -0.2) is 34.2 Å². The van der Waals surface area contributed by atoms with Gasteiger partial charge in [-0.05, 0) is 31.2 Å². The second-order valence-electron chi connectivity index (χ2n) is 5.61. The fraction of sp³-hybridized carbons (Fsp3) is 0.533. The molecule has 4 heteroatoms. The Morgan fingerprint density at radius 3 is 2.42 bits per heavy atom. The average Bonchev–Trinajstić information content (AvgIpc) is 2.70. The summed E-state index contributed by atoms with van der Waals surface area (Å²) in [5, 5.41) is 12.8. The van der Waals surface area contributed by atoms with E-state index in [-0.39, 0.29) is 12.1 Å². The van der Waals surface area contributed by atoms with Gasteiger partial charge in [-0.2, -0.15) is 0 Å². The maximum atomic E-state index is 11.2. The van der Waals surface area contributed by atoms with Crippen molar-refractivity contribution in [2.45, 2.75) is 50.4 Å². The lowest BCUT2D eigenvalue weighted by Gasteiger charge is -2.37. The standard InChI is InChI=1S/C15H20N2O2/c18-15(19)17-13-6-7-14(17)9-12(8-13)16-10-11-4-2-1-3-5-11/h1-5,12-14,16H,6-10H2,(H,18,19)/t12?,13-,14+. The van der Waals surface area contributed by atoms with Crippen LogP contribution >= 0.6 is 0 Å². The highest BCUT2D eigenvalue weighted by Gasteiger charge is 2.43. The van der Waals surface area contributed by atoms with E-state index >= 15 is 0 Å². The Kier molecular flexibility index (Phi) is 3.42. The normalized spacial score (nSPS) is 29.5. The van der Waals surface area contributed by atoms with Crippen LogP contribution in [0.2, 0.25) is 0 Å². The van der Waals surface area contributed by atoms with Gasteiger partial charge in [0.1, 0.15) is 0 Å². The van der Waals surface area contributed by atoms with Crippen molar-refractivity contribution in [2.24, 2.45) is 0 Å².